The summed E-state index contributed by atoms with van der Waals surface area (Å²) in [7, 11) is 0. The van der Waals surface area contributed by atoms with Crippen LogP contribution >= 0.6 is 0 Å². The van der Waals surface area contributed by atoms with Crippen molar-refractivity contribution in [3.8, 4) is 0 Å². The molecule has 4 nitrogen and oxygen atoms in total. The smallest absolute Gasteiger partial charge is 0.227 e. The minimum absolute atomic E-state index is 0.0624. The molecular weight excluding hydrogens is 324 g/mol. The van der Waals surface area contributed by atoms with Crippen LogP contribution in [0.25, 0.3) is 0 Å². The molecule has 1 aromatic carbocycles. The van der Waals surface area contributed by atoms with Gasteiger partial charge in [0.2, 0.25) is 11.8 Å². The molecular formula is C22H32N2O2. The SMILES string of the molecule is CCc1cccc(CC)c1N1C[C@@H](C(=O)NC2CCC(C)CC2)CC1=O. The van der Waals surface area contributed by atoms with Crippen LogP contribution < -0.4 is 10.2 Å². The third-order valence-corrected chi connectivity index (χ3v) is 6.09. The summed E-state index contributed by atoms with van der Waals surface area (Å²) < 4.78 is 0. The van der Waals surface area contributed by atoms with E-state index in [0.717, 1.165) is 37.3 Å². The molecule has 1 heterocycles. The van der Waals surface area contributed by atoms with Crippen LogP contribution in [0.1, 0.15) is 64.0 Å². The Labute approximate surface area is 157 Å². The second-order valence-electron chi connectivity index (χ2n) is 8.00. The second-order valence-corrected chi connectivity index (χ2v) is 8.00. The summed E-state index contributed by atoms with van der Waals surface area (Å²) in [6.07, 6.45) is 6.62. The quantitative estimate of drug-likeness (QED) is 0.871. The Hall–Kier alpha value is -1.84. The molecule has 2 fully saturated rings. The molecule has 0 spiro atoms. The molecule has 142 valence electrons. The summed E-state index contributed by atoms with van der Waals surface area (Å²) in [5, 5.41) is 3.21. The van der Waals surface area contributed by atoms with Crippen LogP contribution in [-0.2, 0) is 22.4 Å². The zero-order chi connectivity index (χ0) is 18.7. The monoisotopic (exact) mass is 356 g/mol. The topological polar surface area (TPSA) is 49.4 Å². The van der Waals surface area contributed by atoms with Gasteiger partial charge in [0.05, 0.1) is 5.92 Å². The maximum Gasteiger partial charge on any atom is 0.227 e. The predicted molar refractivity (Wildman–Crippen MR) is 105 cm³/mol. The number of nitrogens with one attached hydrogen (secondary N) is 1. The number of anilines is 1. The Bertz CT molecular complexity index is 640. The van der Waals surface area contributed by atoms with Crippen molar-refractivity contribution >= 4 is 17.5 Å². The largest absolute Gasteiger partial charge is 0.353 e. The Morgan fingerprint density at radius 3 is 2.31 bits per heavy atom. The Kier molecular flexibility index (Phi) is 6.00. The van der Waals surface area contributed by atoms with E-state index in [1.165, 1.54) is 24.0 Å². The van der Waals surface area contributed by atoms with Crippen molar-refractivity contribution in [2.75, 3.05) is 11.4 Å². The summed E-state index contributed by atoms with van der Waals surface area (Å²) in [5.74, 6) is 0.687. The zero-order valence-electron chi connectivity index (χ0n) is 16.4. The van der Waals surface area contributed by atoms with Gasteiger partial charge in [0.1, 0.15) is 0 Å². The van der Waals surface area contributed by atoms with E-state index in [2.05, 4.69) is 44.3 Å². The molecule has 2 aliphatic rings. The van der Waals surface area contributed by atoms with Gasteiger partial charge in [0.15, 0.2) is 0 Å². The lowest BCUT2D eigenvalue weighted by Gasteiger charge is -2.28. The number of hydrogen-bond acceptors (Lipinski definition) is 2. The molecule has 1 aliphatic carbocycles. The molecule has 26 heavy (non-hydrogen) atoms. The van der Waals surface area contributed by atoms with Gasteiger partial charge in [-0.15, -0.1) is 0 Å². The van der Waals surface area contributed by atoms with Crippen LogP contribution in [0.5, 0.6) is 0 Å². The van der Waals surface area contributed by atoms with Gasteiger partial charge in [0.25, 0.3) is 0 Å². The van der Waals surface area contributed by atoms with Crippen molar-refractivity contribution in [2.24, 2.45) is 11.8 Å². The zero-order valence-corrected chi connectivity index (χ0v) is 16.4. The Morgan fingerprint density at radius 1 is 1.12 bits per heavy atom. The van der Waals surface area contributed by atoms with Crippen molar-refractivity contribution in [3.05, 3.63) is 29.3 Å². The predicted octanol–water partition coefficient (Wildman–Crippen LogP) is 3.86. The van der Waals surface area contributed by atoms with Gasteiger partial charge in [0, 0.05) is 24.7 Å². The van der Waals surface area contributed by atoms with E-state index in [-0.39, 0.29) is 23.8 Å². The molecule has 4 heteroatoms. The van der Waals surface area contributed by atoms with Crippen LogP contribution in [0.4, 0.5) is 5.69 Å². The van der Waals surface area contributed by atoms with Crippen LogP contribution in [0.15, 0.2) is 18.2 Å². The number of rotatable bonds is 5. The standard InChI is InChI=1S/C22H32N2O2/c1-4-16-7-6-8-17(5-2)21(16)24-14-18(13-20(24)25)22(26)23-19-11-9-15(3)10-12-19/h6-8,15,18-19H,4-5,9-14H2,1-3H3,(H,23,26)/t15?,18-,19?/m0/s1. The number of hydrogen-bond donors (Lipinski definition) is 1. The fraction of sp³-hybridized carbons (Fsp3) is 0.636. The first kappa shape index (κ1) is 18.9. The summed E-state index contributed by atoms with van der Waals surface area (Å²) in [4.78, 5) is 27.3. The van der Waals surface area contributed by atoms with Crippen LogP contribution in [0, 0.1) is 11.8 Å². The number of aryl methyl sites for hydroxylation is 2. The molecule has 1 aromatic rings. The van der Waals surface area contributed by atoms with Gasteiger partial charge in [-0.2, -0.15) is 0 Å². The average Bonchev–Trinajstić information content (AvgIpc) is 3.04. The molecule has 2 amide bonds. The molecule has 0 bridgehead atoms. The Morgan fingerprint density at radius 2 is 1.73 bits per heavy atom. The van der Waals surface area contributed by atoms with Crippen molar-refractivity contribution in [3.63, 3.8) is 0 Å². The first-order valence-corrected chi connectivity index (χ1v) is 10.2. The van der Waals surface area contributed by atoms with E-state index in [0.29, 0.717) is 13.0 Å². The van der Waals surface area contributed by atoms with E-state index >= 15 is 0 Å². The van der Waals surface area contributed by atoms with Crippen molar-refractivity contribution in [1.29, 1.82) is 0 Å². The van der Waals surface area contributed by atoms with E-state index in [1.54, 1.807) is 0 Å². The van der Waals surface area contributed by atoms with Gasteiger partial charge in [-0.25, -0.2) is 0 Å². The fourth-order valence-electron chi connectivity index (χ4n) is 4.38. The lowest BCUT2D eigenvalue weighted by atomic mass is 9.87. The minimum atomic E-state index is -0.225. The first-order valence-electron chi connectivity index (χ1n) is 10.2. The highest BCUT2D eigenvalue weighted by molar-refractivity contribution is 6.01. The molecule has 0 unspecified atom stereocenters. The van der Waals surface area contributed by atoms with Crippen molar-refractivity contribution in [2.45, 2.75) is 71.8 Å². The summed E-state index contributed by atoms with van der Waals surface area (Å²) in [6, 6.07) is 6.55. The third-order valence-electron chi connectivity index (χ3n) is 6.09. The first-order chi connectivity index (χ1) is 12.5. The fourth-order valence-corrected chi connectivity index (χ4v) is 4.38. The number of nitrogens with zero attached hydrogens (tertiary/aromatic N) is 1. The van der Waals surface area contributed by atoms with Crippen molar-refractivity contribution in [1.82, 2.24) is 5.32 Å². The number of para-hydroxylation sites is 1. The van der Waals surface area contributed by atoms with E-state index in [9.17, 15) is 9.59 Å². The molecule has 0 aromatic heterocycles. The lowest BCUT2D eigenvalue weighted by Crippen LogP contribution is -2.41. The normalized spacial score (nSPS) is 26.2. The van der Waals surface area contributed by atoms with Gasteiger partial charge < -0.3 is 10.2 Å². The maximum absolute atomic E-state index is 12.7. The highest BCUT2D eigenvalue weighted by Crippen LogP contribution is 2.33. The molecule has 1 saturated heterocycles. The van der Waals surface area contributed by atoms with E-state index < -0.39 is 0 Å². The number of benzene rings is 1. The molecule has 1 N–H and O–H groups in total. The molecule has 1 saturated carbocycles. The number of carbonyl (C=O) groups excluding carboxylic acids is 2. The summed E-state index contributed by atoms with van der Waals surface area (Å²) in [6.45, 7) is 7.03. The van der Waals surface area contributed by atoms with Crippen LogP contribution in [0.2, 0.25) is 0 Å². The molecule has 1 aliphatic heterocycles. The third kappa shape index (κ3) is 3.94. The van der Waals surface area contributed by atoms with Crippen LogP contribution in [0.3, 0.4) is 0 Å². The number of amides is 2. The summed E-state index contributed by atoms with van der Waals surface area (Å²) >= 11 is 0. The molecule has 3 rings (SSSR count). The highest BCUT2D eigenvalue weighted by Gasteiger charge is 2.37. The van der Waals surface area contributed by atoms with Crippen molar-refractivity contribution < 1.29 is 9.59 Å². The molecule has 1 atom stereocenters. The van der Waals surface area contributed by atoms with E-state index in [1.807, 2.05) is 4.90 Å². The summed E-state index contributed by atoms with van der Waals surface area (Å²) in [5.41, 5.74) is 3.43. The number of carbonyl (C=O) groups is 2. The second kappa shape index (κ2) is 8.24. The van der Waals surface area contributed by atoms with Gasteiger partial charge in [-0.1, -0.05) is 39.0 Å². The van der Waals surface area contributed by atoms with E-state index in [4.69, 9.17) is 0 Å². The maximum atomic E-state index is 12.7. The minimum Gasteiger partial charge on any atom is -0.353 e. The Balaban J connectivity index is 1.70. The highest BCUT2D eigenvalue weighted by atomic mass is 16.2. The average molecular weight is 357 g/mol. The van der Waals surface area contributed by atoms with Crippen LogP contribution in [-0.4, -0.2) is 24.4 Å². The van der Waals surface area contributed by atoms with Gasteiger partial charge >= 0.3 is 0 Å². The van der Waals surface area contributed by atoms with Gasteiger partial charge in [-0.05, 0) is 55.6 Å². The molecule has 0 radical (unpaired) electrons. The lowest BCUT2D eigenvalue weighted by molar-refractivity contribution is -0.127. The van der Waals surface area contributed by atoms with Gasteiger partial charge in [-0.3, -0.25) is 9.59 Å².